The topological polar surface area (TPSA) is 55.5 Å². The van der Waals surface area contributed by atoms with Gasteiger partial charge < -0.3 is 15.6 Å². The molecule has 3 nitrogen and oxygen atoms in total. The van der Waals surface area contributed by atoms with E-state index in [1.807, 2.05) is 0 Å². The summed E-state index contributed by atoms with van der Waals surface area (Å²) in [5, 5.41) is 9.54. The molecule has 0 radical (unpaired) electrons. The van der Waals surface area contributed by atoms with E-state index in [0.717, 1.165) is 0 Å². The zero-order chi connectivity index (χ0) is 12.1. The molecule has 0 unspecified atom stereocenters. The van der Waals surface area contributed by atoms with Crippen LogP contribution in [-0.4, -0.2) is 17.8 Å². The van der Waals surface area contributed by atoms with Crippen molar-refractivity contribution in [3.05, 3.63) is 29.8 Å². The molecule has 0 bridgehead atoms. The second-order valence-corrected chi connectivity index (χ2v) is 3.45. The number of hydrogen-bond donors (Lipinski definition) is 2. The molecule has 5 heteroatoms. The van der Waals surface area contributed by atoms with Crippen molar-refractivity contribution in [1.82, 2.24) is 0 Å². The van der Waals surface area contributed by atoms with E-state index in [1.54, 1.807) is 19.1 Å². The molecule has 1 aromatic carbocycles. The highest BCUT2D eigenvalue weighted by Crippen LogP contribution is 2.22. The molecule has 90 valence electrons. The van der Waals surface area contributed by atoms with Crippen LogP contribution in [0, 0.1) is 0 Å². The minimum Gasteiger partial charge on any atom is -0.435 e. The van der Waals surface area contributed by atoms with Crippen molar-refractivity contribution in [1.29, 1.82) is 0 Å². The quantitative estimate of drug-likeness (QED) is 0.815. The fourth-order valence-corrected chi connectivity index (χ4v) is 1.37. The Labute approximate surface area is 92.8 Å². The van der Waals surface area contributed by atoms with Gasteiger partial charge in [0.15, 0.2) is 0 Å². The lowest BCUT2D eigenvalue weighted by Gasteiger charge is -2.18. The maximum atomic E-state index is 12.0. The highest BCUT2D eigenvalue weighted by atomic mass is 19.3. The molecule has 0 aromatic heterocycles. The largest absolute Gasteiger partial charge is 0.435 e. The number of alkyl halides is 2. The number of rotatable bonds is 5. The van der Waals surface area contributed by atoms with E-state index in [-0.39, 0.29) is 5.75 Å². The van der Waals surface area contributed by atoms with Crippen LogP contribution in [0.1, 0.15) is 24.9 Å². The Morgan fingerprint density at radius 2 is 2.12 bits per heavy atom. The second kappa shape index (κ2) is 5.77. The molecule has 0 saturated carbocycles. The Bertz CT molecular complexity index is 334. The zero-order valence-electron chi connectivity index (χ0n) is 8.94. The summed E-state index contributed by atoms with van der Waals surface area (Å²) in [5.74, 6) is 0.0475. The van der Waals surface area contributed by atoms with Crippen LogP contribution in [0.25, 0.3) is 0 Å². The summed E-state index contributed by atoms with van der Waals surface area (Å²) in [6.07, 6.45) is -0.192. The maximum Gasteiger partial charge on any atom is 0.387 e. The van der Waals surface area contributed by atoms with E-state index < -0.39 is 18.8 Å². The van der Waals surface area contributed by atoms with Gasteiger partial charge in [0.25, 0.3) is 0 Å². The molecular weight excluding hydrogens is 216 g/mol. The van der Waals surface area contributed by atoms with Crippen LogP contribution in [0.2, 0.25) is 0 Å². The van der Waals surface area contributed by atoms with E-state index in [0.29, 0.717) is 12.0 Å². The van der Waals surface area contributed by atoms with Crippen LogP contribution >= 0.6 is 0 Å². The number of ether oxygens (including phenoxy) is 1. The monoisotopic (exact) mass is 231 g/mol. The second-order valence-electron chi connectivity index (χ2n) is 3.45. The lowest BCUT2D eigenvalue weighted by atomic mass is 10.0. The van der Waals surface area contributed by atoms with E-state index in [4.69, 9.17) is 5.73 Å². The van der Waals surface area contributed by atoms with Gasteiger partial charge >= 0.3 is 6.61 Å². The van der Waals surface area contributed by atoms with E-state index >= 15 is 0 Å². The highest BCUT2D eigenvalue weighted by molar-refractivity contribution is 5.30. The van der Waals surface area contributed by atoms with Gasteiger partial charge in [-0.1, -0.05) is 19.1 Å². The van der Waals surface area contributed by atoms with Crippen molar-refractivity contribution in [3.8, 4) is 5.75 Å². The molecular formula is C11H15F2NO2. The normalized spacial score (nSPS) is 14.9. The lowest BCUT2D eigenvalue weighted by molar-refractivity contribution is -0.0499. The minimum absolute atomic E-state index is 0.0475. The van der Waals surface area contributed by atoms with Crippen LogP contribution in [-0.2, 0) is 0 Å². The first kappa shape index (κ1) is 12.9. The molecule has 0 saturated heterocycles. The summed E-state index contributed by atoms with van der Waals surface area (Å²) in [5.41, 5.74) is 6.33. The van der Waals surface area contributed by atoms with Crippen molar-refractivity contribution in [2.45, 2.75) is 32.1 Å². The zero-order valence-corrected chi connectivity index (χ0v) is 8.94. The van der Waals surface area contributed by atoms with Crippen molar-refractivity contribution < 1.29 is 18.6 Å². The predicted octanol–water partition coefficient (Wildman–Crippen LogP) is 2.06. The van der Waals surface area contributed by atoms with Crippen LogP contribution in [0.4, 0.5) is 8.78 Å². The standard InChI is InChI=1S/C11H15F2NO2/c1-2-9(15)10(14)7-4-3-5-8(6-7)16-11(12)13/h3-6,9-11,15H,2,14H2,1H3/t9-,10+/m0/s1. The highest BCUT2D eigenvalue weighted by Gasteiger charge is 2.15. The van der Waals surface area contributed by atoms with Gasteiger partial charge in [-0.2, -0.15) is 8.78 Å². The number of halogens is 2. The third kappa shape index (κ3) is 3.43. The van der Waals surface area contributed by atoms with Crippen LogP contribution in [0.5, 0.6) is 5.75 Å². The number of aliphatic hydroxyl groups is 1. The predicted molar refractivity (Wildman–Crippen MR) is 56.3 cm³/mol. The first-order valence-corrected chi connectivity index (χ1v) is 5.03. The first-order valence-electron chi connectivity index (χ1n) is 5.03. The Hall–Kier alpha value is -1.20. The van der Waals surface area contributed by atoms with Crippen LogP contribution in [0.15, 0.2) is 24.3 Å². The van der Waals surface area contributed by atoms with Crippen molar-refractivity contribution >= 4 is 0 Å². The Morgan fingerprint density at radius 3 is 2.69 bits per heavy atom. The summed E-state index contributed by atoms with van der Waals surface area (Å²) < 4.78 is 28.2. The summed E-state index contributed by atoms with van der Waals surface area (Å²) in [4.78, 5) is 0. The molecule has 16 heavy (non-hydrogen) atoms. The third-order valence-electron chi connectivity index (χ3n) is 2.30. The van der Waals surface area contributed by atoms with Gasteiger partial charge in [-0.15, -0.1) is 0 Å². The Balaban J connectivity index is 2.81. The molecule has 1 rings (SSSR count). The van der Waals surface area contributed by atoms with Crippen molar-refractivity contribution in [3.63, 3.8) is 0 Å². The fourth-order valence-electron chi connectivity index (χ4n) is 1.37. The summed E-state index contributed by atoms with van der Waals surface area (Å²) in [7, 11) is 0. The van der Waals surface area contributed by atoms with Gasteiger partial charge in [-0.25, -0.2) is 0 Å². The van der Waals surface area contributed by atoms with Crippen molar-refractivity contribution in [2.24, 2.45) is 5.73 Å². The van der Waals surface area contributed by atoms with E-state index in [9.17, 15) is 13.9 Å². The third-order valence-corrected chi connectivity index (χ3v) is 2.30. The average molecular weight is 231 g/mol. The van der Waals surface area contributed by atoms with Crippen molar-refractivity contribution in [2.75, 3.05) is 0 Å². The van der Waals surface area contributed by atoms with Crippen LogP contribution in [0.3, 0.4) is 0 Å². The molecule has 0 heterocycles. The van der Waals surface area contributed by atoms with Gasteiger partial charge in [0, 0.05) is 0 Å². The average Bonchev–Trinajstić information content (AvgIpc) is 2.26. The molecule has 0 aliphatic carbocycles. The van der Waals surface area contributed by atoms with E-state index in [2.05, 4.69) is 4.74 Å². The minimum atomic E-state index is -2.86. The Kier molecular flexibility index (Phi) is 4.64. The maximum absolute atomic E-state index is 12.0. The first-order chi connectivity index (χ1) is 7.54. The molecule has 0 aliphatic heterocycles. The molecule has 3 N–H and O–H groups in total. The van der Waals surface area contributed by atoms with Gasteiger partial charge in [-0.3, -0.25) is 0 Å². The molecule has 0 aliphatic rings. The van der Waals surface area contributed by atoms with Gasteiger partial charge in [0.2, 0.25) is 0 Å². The van der Waals surface area contributed by atoms with Gasteiger partial charge in [-0.05, 0) is 24.1 Å². The Morgan fingerprint density at radius 1 is 1.44 bits per heavy atom. The summed E-state index contributed by atoms with van der Waals surface area (Å²) in [6.45, 7) is -1.06. The molecule has 0 amide bonds. The molecule has 0 fully saturated rings. The summed E-state index contributed by atoms with van der Waals surface area (Å²) in [6, 6.07) is 5.47. The smallest absolute Gasteiger partial charge is 0.387 e. The summed E-state index contributed by atoms with van der Waals surface area (Å²) >= 11 is 0. The molecule has 0 spiro atoms. The van der Waals surface area contributed by atoms with Gasteiger partial charge in [0.05, 0.1) is 12.1 Å². The molecule has 1 aromatic rings. The lowest BCUT2D eigenvalue weighted by Crippen LogP contribution is -2.25. The van der Waals surface area contributed by atoms with Crippen LogP contribution < -0.4 is 10.5 Å². The number of benzene rings is 1. The molecule has 2 atom stereocenters. The fraction of sp³-hybridized carbons (Fsp3) is 0.455. The SMILES string of the molecule is CC[C@H](O)[C@H](N)c1cccc(OC(F)F)c1. The number of aliphatic hydroxyl groups excluding tert-OH is 1. The van der Waals surface area contributed by atoms with E-state index in [1.165, 1.54) is 12.1 Å². The number of hydrogen-bond acceptors (Lipinski definition) is 3. The number of nitrogens with two attached hydrogens (primary N) is 1. The van der Waals surface area contributed by atoms with Gasteiger partial charge in [0.1, 0.15) is 5.75 Å².